The second kappa shape index (κ2) is 11.5. The van der Waals surface area contributed by atoms with Crippen molar-refractivity contribution in [2.45, 2.75) is 49.7 Å². The number of halogens is 5. The highest BCUT2D eigenvalue weighted by atomic mass is 35.5. The molecule has 1 fully saturated rings. The number of rotatable bonds is 7. The van der Waals surface area contributed by atoms with E-state index >= 15 is 0 Å². The molecule has 2 aliphatic rings. The van der Waals surface area contributed by atoms with Crippen LogP contribution < -0.4 is 0 Å². The highest BCUT2D eigenvalue weighted by Crippen LogP contribution is 2.51. The number of fused-ring (bicyclic) bond motifs is 2. The van der Waals surface area contributed by atoms with Crippen LogP contribution in [0.3, 0.4) is 0 Å². The van der Waals surface area contributed by atoms with Gasteiger partial charge in [0.15, 0.2) is 5.78 Å². The Morgan fingerprint density at radius 1 is 1.07 bits per heavy atom. The minimum Gasteiger partial charge on any atom is -0.291 e. The number of carbonyl (C=O) groups excluding carboxylic acids is 1. The molecule has 2 aromatic carbocycles. The van der Waals surface area contributed by atoms with Gasteiger partial charge >= 0.3 is 6.18 Å². The lowest BCUT2D eigenvalue weighted by atomic mass is 9.60. The normalized spacial score (nSPS) is 20.0. The zero-order chi connectivity index (χ0) is 32.1. The van der Waals surface area contributed by atoms with Crippen LogP contribution in [0.2, 0.25) is 5.02 Å². The van der Waals surface area contributed by atoms with Gasteiger partial charge in [0.05, 0.1) is 33.5 Å². The highest BCUT2D eigenvalue weighted by Gasteiger charge is 2.51. The molecule has 234 valence electrons. The smallest absolute Gasteiger partial charge is 0.291 e. The number of aromatic nitrogens is 3. The van der Waals surface area contributed by atoms with Crippen molar-refractivity contribution in [3.63, 3.8) is 0 Å². The molecule has 7 nitrogen and oxygen atoms in total. The van der Waals surface area contributed by atoms with Crippen molar-refractivity contribution in [2.75, 3.05) is 6.54 Å². The van der Waals surface area contributed by atoms with Crippen LogP contribution in [-0.2, 0) is 22.6 Å². The highest BCUT2D eigenvalue weighted by molar-refractivity contribution is 7.89. The van der Waals surface area contributed by atoms with Crippen molar-refractivity contribution in [1.29, 1.82) is 0 Å². The number of hydrogen-bond donors (Lipinski definition) is 0. The SMILES string of the molecule is CCN([C@H]1CCC2=Cc3c(cnn3-c3ccc(F)cc3)C[C@]2(C(=O)c2ccc(C(F)(F)F)cn2)C1)S(=O)(=O)c1ccc(Cl)cc1. The molecule has 2 atom stereocenters. The van der Waals surface area contributed by atoms with E-state index in [1.54, 1.807) is 29.9 Å². The number of benzene rings is 2. The first kappa shape index (κ1) is 31.1. The Morgan fingerprint density at radius 2 is 1.78 bits per heavy atom. The number of pyridine rings is 1. The van der Waals surface area contributed by atoms with Crippen molar-refractivity contribution in [3.8, 4) is 5.69 Å². The number of allylic oxidation sites excluding steroid dienone is 1. The van der Waals surface area contributed by atoms with Gasteiger partial charge in [-0.05, 0) is 98.0 Å². The number of carbonyl (C=O) groups is 1. The van der Waals surface area contributed by atoms with Crippen LogP contribution in [-0.4, -0.2) is 45.9 Å². The summed E-state index contributed by atoms with van der Waals surface area (Å²) in [6.07, 6.45) is 0.427. The summed E-state index contributed by atoms with van der Waals surface area (Å²) in [4.78, 5) is 18.4. The Morgan fingerprint density at radius 3 is 2.40 bits per heavy atom. The summed E-state index contributed by atoms with van der Waals surface area (Å²) in [5, 5.41) is 4.88. The molecule has 0 N–H and O–H groups in total. The molecular weight excluding hydrogens is 632 g/mol. The first-order valence-corrected chi connectivity index (χ1v) is 16.0. The molecule has 2 aromatic heterocycles. The van der Waals surface area contributed by atoms with E-state index in [2.05, 4.69) is 10.1 Å². The van der Waals surface area contributed by atoms with Crippen LogP contribution in [0.1, 0.15) is 53.5 Å². The fraction of sp³-hybridized carbons (Fsp3) is 0.281. The van der Waals surface area contributed by atoms with Crippen molar-refractivity contribution in [2.24, 2.45) is 5.41 Å². The van der Waals surface area contributed by atoms with Crippen molar-refractivity contribution in [3.05, 3.63) is 112 Å². The van der Waals surface area contributed by atoms with Gasteiger partial charge in [0, 0.05) is 23.8 Å². The third-order valence-electron chi connectivity index (χ3n) is 8.60. The van der Waals surface area contributed by atoms with Gasteiger partial charge in [-0.1, -0.05) is 24.1 Å². The van der Waals surface area contributed by atoms with Crippen molar-refractivity contribution in [1.82, 2.24) is 19.1 Å². The maximum atomic E-state index is 14.4. The Balaban J connectivity index is 1.43. The van der Waals surface area contributed by atoms with E-state index < -0.39 is 44.8 Å². The second-order valence-corrected chi connectivity index (χ2v) is 13.5. The lowest BCUT2D eigenvalue weighted by molar-refractivity contribution is -0.137. The van der Waals surface area contributed by atoms with Gasteiger partial charge in [0.1, 0.15) is 11.5 Å². The third kappa shape index (κ3) is 5.59. The van der Waals surface area contributed by atoms with Crippen molar-refractivity contribution < 1.29 is 30.8 Å². The molecule has 4 aromatic rings. The Bertz CT molecular complexity index is 1890. The first-order valence-electron chi connectivity index (χ1n) is 14.2. The molecule has 0 aliphatic heterocycles. The average molecular weight is 659 g/mol. The summed E-state index contributed by atoms with van der Waals surface area (Å²) in [6, 6.07) is 12.9. The monoisotopic (exact) mass is 658 g/mol. The summed E-state index contributed by atoms with van der Waals surface area (Å²) in [6.45, 7) is 1.85. The molecule has 1 saturated carbocycles. The fourth-order valence-electron chi connectivity index (χ4n) is 6.42. The molecule has 0 spiro atoms. The molecule has 0 amide bonds. The number of Topliss-reactive ketones (excluding diaryl/α,β-unsaturated/α-hetero) is 1. The molecule has 45 heavy (non-hydrogen) atoms. The maximum Gasteiger partial charge on any atom is 0.417 e. The van der Waals surface area contributed by atoms with E-state index in [1.807, 2.05) is 6.08 Å². The molecule has 0 bridgehead atoms. The molecule has 0 saturated heterocycles. The number of alkyl halides is 3. The Labute approximate surface area is 262 Å². The minimum atomic E-state index is -4.62. The van der Waals surface area contributed by atoms with Gasteiger partial charge in [-0.2, -0.15) is 22.6 Å². The predicted molar refractivity (Wildman–Crippen MR) is 160 cm³/mol. The van der Waals surface area contributed by atoms with Gasteiger partial charge < -0.3 is 0 Å². The average Bonchev–Trinajstić information content (AvgIpc) is 3.42. The Kier molecular flexibility index (Phi) is 7.95. The quantitative estimate of drug-likeness (QED) is 0.156. The maximum absolute atomic E-state index is 14.4. The molecule has 6 rings (SSSR count). The van der Waals surface area contributed by atoms with Crippen LogP contribution in [0, 0.1) is 11.2 Å². The van der Waals surface area contributed by atoms with Crippen LogP contribution in [0.4, 0.5) is 17.6 Å². The topological polar surface area (TPSA) is 85.2 Å². The fourth-order valence-corrected chi connectivity index (χ4v) is 8.21. The van der Waals surface area contributed by atoms with E-state index in [0.717, 1.165) is 12.1 Å². The van der Waals surface area contributed by atoms with Gasteiger partial charge in [0.2, 0.25) is 10.0 Å². The molecule has 0 radical (unpaired) electrons. The van der Waals surface area contributed by atoms with E-state index in [9.17, 15) is 30.8 Å². The van der Waals surface area contributed by atoms with Gasteiger partial charge in [-0.3, -0.25) is 9.78 Å². The largest absolute Gasteiger partial charge is 0.417 e. The number of ketones is 1. The number of sulfonamides is 1. The predicted octanol–water partition coefficient (Wildman–Crippen LogP) is 7.15. The summed E-state index contributed by atoms with van der Waals surface area (Å²) >= 11 is 5.99. The van der Waals surface area contributed by atoms with Gasteiger partial charge in [-0.25, -0.2) is 17.5 Å². The van der Waals surface area contributed by atoms with Crippen LogP contribution in [0.25, 0.3) is 11.8 Å². The summed E-state index contributed by atoms with van der Waals surface area (Å²) in [7, 11) is -3.98. The van der Waals surface area contributed by atoms with E-state index in [1.165, 1.54) is 40.7 Å². The Hall–Kier alpha value is -3.87. The van der Waals surface area contributed by atoms with E-state index in [-0.39, 0.29) is 30.0 Å². The van der Waals surface area contributed by atoms with Gasteiger partial charge in [0.25, 0.3) is 0 Å². The molecule has 2 heterocycles. The standard InChI is InChI=1S/C32H27ClF4N4O3S/c1-2-40(45(43,44)27-12-5-23(33)6-13-27)26-9-3-21-15-29-20(18-39-41(29)25-10-7-24(34)8-11-25)16-31(21,17-26)30(42)28-14-4-22(19-38-28)32(35,36)37/h4-8,10-15,18-19,26H,2-3,9,16-17H2,1H3/t26-,31-/m0/s1. The van der Waals surface area contributed by atoms with Crippen LogP contribution in [0.15, 0.2) is 83.5 Å². The summed E-state index contributed by atoms with van der Waals surface area (Å²) in [5.41, 5.74) is 0.286. The molecule has 13 heteroatoms. The van der Waals surface area contributed by atoms with Crippen molar-refractivity contribution >= 4 is 33.5 Å². The number of hydrogen-bond acceptors (Lipinski definition) is 5. The second-order valence-electron chi connectivity index (χ2n) is 11.2. The van der Waals surface area contributed by atoms with Crippen LogP contribution in [0.5, 0.6) is 0 Å². The lowest BCUT2D eigenvalue weighted by Crippen LogP contribution is -2.50. The summed E-state index contributed by atoms with van der Waals surface area (Å²) in [5.74, 6) is -0.897. The van der Waals surface area contributed by atoms with Crippen LogP contribution >= 0.6 is 11.6 Å². The lowest BCUT2D eigenvalue weighted by Gasteiger charge is -2.46. The zero-order valence-corrected chi connectivity index (χ0v) is 25.5. The first-order chi connectivity index (χ1) is 21.3. The van der Waals surface area contributed by atoms with E-state index in [0.29, 0.717) is 46.6 Å². The number of nitrogens with zero attached hydrogens (tertiary/aromatic N) is 4. The zero-order valence-electron chi connectivity index (χ0n) is 23.9. The minimum absolute atomic E-state index is 0.0615. The van der Waals surface area contributed by atoms with E-state index in [4.69, 9.17) is 11.6 Å². The molecule has 0 unspecified atom stereocenters. The van der Waals surface area contributed by atoms with Gasteiger partial charge in [-0.15, -0.1) is 0 Å². The molecule has 2 aliphatic carbocycles. The molecular formula is C32H27ClF4N4O3S. The summed E-state index contributed by atoms with van der Waals surface area (Å²) < 4.78 is 84.1. The third-order valence-corrected chi connectivity index (χ3v) is 10.9.